The third kappa shape index (κ3) is 2.40. The van der Waals surface area contributed by atoms with Crippen molar-refractivity contribution in [3.8, 4) is 0 Å². The Balaban J connectivity index is 1.75. The number of nitrogens with zero attached hydrogens (tertiary/aromatic N) is 2. The lowest BCUT2D eigenvalue weighted by molar-refractivity contribution is 0.0694. The number of fused-ring (bicyclic) bond motifs is 1. The number of alkyl halides is 1. The van der Waals surface area contributed by atoms with Crippen LogP contribution in [0.5, 0.6) is 0 Å². The SMILES string of the molecule is N[C@H]1CN(c2c(F)cc3c(=O)c(C(=O)O)cn([C@@H]4C[C@@H]4F)c3c2Cl)CC12CC2. The molecule has 3 aliphatic rings. The number of pyridine rings is 1. The van der Waals surface area contributed by atoms with Crippen molar-refractivity contribution in [2.45, 2.75) is 37.5 Å². The van der Waals surface area contributed by atoms with Crippen LogP contribution in [0.2, 0.25) is 5.02 Å². The van der Waals surface area contributed by atoms with Crippen LogP contribution in [-0.4, -0.2) is 40.9 Å². The summed E-state index contributed by atoms with van der Waals surface area (Å²) in [4.78, 5) is 25.8. The first-order valence-corrected chi connectivity index (χ1v) is 9.56. The maximum atomic E-state index is 15.0. The van der Waals surface area contributed by atoms with Gasteiger partial charge < -0.3 is 20.3 Å². The van der Waals surface area contributed by atoms with E-state index in [1.165, 1.54) is 4.57 Å². The smallest absolute Gasteiger partial charge is 0.341 e. The molecule has 2 heterocycles. The van der Waals surface area contributed by atoms with Gasteiger partial charge in [-0.25, -0.2) is 13.6 Å². The maximum Gasteiger partial charge on any atom is 0.341 e. The minimum atomic E-state index is -1.45. The largest absolute Gasteiger partial charge is 0.477 e. The number of aromatic nitrogens is 1. The molecule has 0 amide bonds. The standard InChI is InChI=1S/C19H18ClF2N3O3/c20-14-15-8(17(26)9(18(27)28)5-25(15)12-4-10(12)21)3-11(22)16(14)24-6-13(23)19(7-24)1-2-19/h3,5,10,12-13H,1-2,4,6-7,23H2,(H,27,28)/t10-,12+,13-/m0/s1. The average Bonchev–Trinajstić information content (AvgIpc) is 3.51. The molecule has 9 heteroatoms. The first-order valence-electron chi connectivity index (χ1n) is 9.18. The summed E-state index contributed by atoms with van der Waals surface area (Å²) in [6.45, 7) is 1.01. The second-order valence-corrected chi connectivity index (χ2v) is 8.55. The summed E-state index contributed by atoms with van der Waals surface area (Å²) in [5, 5.41) is 9.16. The van der Waals surface area contributed by atoms with E-state index in [9.17, 15) is 19.1 Å². The lowest BCUT2D eigenvalue weighted by atomic mass is 10.0. The molecule has 6 nitrogen and oxygen atoms in total. The monoisotopic (exact) mass is 409 g/mol. The zero-order valence-electron chi connectivity index (χ0n) is 14.8. The zero-order valence-corrected chi connectivity index (χ0v) is 15.5. The summed E-state index contributed by atoms with van der Waals surface area (Å²) >= 11 is 6.56. The summed E-state index contributed by atoms with van der Waals surface area (Å²) in [5.41, 5.74) is 5.15. The first-order chi connectivity index (χ1) is 13.2. The highest BCUT2D eigenvalue weighted by molar-refractivity contribution is 6.38. The summed E-state index contributed by atoms with van der Waals surface area (Å²) in [5.74, 6) is -2.15. The van der Waals surface area contributed by atoms with Crippen molar-refractivity contribution < 1.29 is 18.7 Å². The van der Waals surface area contributed by atoms with Gasteiger partial charge in [0.05, 0.1) is 27.7 Å². The van der Waals surface area contributed by atoms with Crippen LogP contribution in [0.25, 0.3) is 10.9 Å². The fourth-order valence-corrected chi connectivity index (χ4v) is 4.84. The molecular formula is C19H18ClF2N3O3. The number of hydrogen-bond acceptors (Lipinski definition) is 4. The van der Waals surface area contributed by atoms with E-state index in [4.69, 9.17) is 17.3 Å². The van der Waals surface area contributed by atoms with Crippen molar-refractivity contribution >= 4 is 34.2 Å². The quantitative estimate of drug-likeness (QED) is 0.813. The van der Waals surface area contributed by atoms with Gasteiger partial charge in [-0.05, 0) is 18.9 Å². The number of anilines is 1. The third-order valence-corrected chi connectivity index (χ3v) is 6.73. The Hall–Kier alpha value is -2.19. The van der Waals surface area contributed by atoms with E-state index in [2.05, 4.69) is 0 Å². The van der Waals surface area contributed by atoms with Gasteiger partial charge in [-0.1, -0.05) is 11.6 Å². The van der Waals surface area contributed by atoms with Gasteiger partial charge in [0.15, 0.2) is 0 Å². The Kier molecular flexibility index (Phi) is 3.62. The van der Waals surface area contributed by atoms with Crippen LogP contribution in [0.15, 0.2) is 17.1 Å². The van der Waals surface area contributed by atoms with Crippen LogP contribution in [0.4, 0.5) is 14.5 Å². The van der Waals surface area contributed by atoms with Gasteiger partial charge in [-0.15, -0.1) is 0 Å². The molecule has 1 aliphatic heterocycles. The molecule has 28 heavy (non-hydrogen) atoms. The second kappa shape index (κ2) is 5.67. The molecule has 3 fully saturated rings. The van der Waals surface area contributed by atoms with E-state index in [1.54, 1.807) is 4.90 Å². The summed E-state index contributed by atoms with van der Waals surface area (Å²) in [6, 6.07) is 0.308. The number of carbonyl (C=O) groups is 1. The van der Waals surface area contributed by atoms with Crippen LogP contribution >= 0.6 is 11.6 Å². The van der Waals surface area contributed by atoms with Crippen molar-refractivity contribution in [3.63, 3.8) is 0 Å². The number of rotatable bonds is 3. The number of carboxylic acids is 1. The molecule has 0 unspecified atom stereocenters. The van der Waals surface area contributed by atoms with Crippen LogP contribution < -0.4 is 16.1 Å². The minimum absolute atomic E-state index is 0.00645. The van der Waals surface area contributed by atoms with E-state index >= 15 is 4.39 Å². The van der Waals surface area contributed by atoms with Crippen molar-refractivity contribution in [2.75, 3.05) is 18.0 Å². The van der Waals surface area contributed by atoms with Crippen molar-refractivity contribution in [1.29, 1.82) is 0 Å². The molecule has 3 N–H and O–H groups in total. The van der Waals surface area contributed by atoms with E-state index in [0.717, 1.165) is 25.1 Å². The molecule has 0 bridgehead atoms. The number of benzene rings is 1. The normalized spacial score (nSPS) is 27.6. The molecule has 2 aliphatic carbocycles. The number of nitrogens with two attached hydrogens (primary N) is 1. The van der Waals surface area contributed by atoms with Crippen LogP contribution in [0.1, 0.15) is 35.7 Å². The van der Waals surface area contributed by atoms with Crippen molar-refractivity contribution in [2.24, 2.45) is 11.1 Å². The first kappa shape index (κ1) is 17.9. The van der Waals surface area contributed by atoms with E-state index in [0.29, 0.717) is 13.1 Å². The highest BCUT2D eigenvalue weighted by atomic mass is 35.5. The van der Waals surface area contributed by atoms with Gasteiger partial charge in [0.2, 0.25) is 5.43 Å². The number of aromatic carboxylic acids is 1. The van der Waals surface area contributed by atoms with Crippen molar-refractivity contribution in [1.82, 2.24) is 4.57 Å². The predicted molar refractivity (Wildman–Crippen MR) is 101 cm³/mol. The number of hydrogen-bond donors (Lipinski definition) is 2. The second-order valence-electron chi connectivity index (χ2n) is 8.17. The Morgan fingerprint density at radius 2 is 2.07 bits per heavy atom. The van der Waals surface area contributed by atoms with Crippen LogP contribution in [0.3, 0.4) is 0 Å². The summed E-state index contributed by atoms with van der Waals surface area (Å²) < 4.78 is 30.2. The van der Waals surface area contributed by atoms with E-state index in [-0.39, 0.29) is 39.5 Å². The Morgan fingerprint density at radius 1 is 1.39 bits per heavy atom. The predicted octanol–water partition coefficient (Wildman–Crippen LogP) is 2.70. The van der Waals surface area contributed by atoms with Gasteiger partial charge in [0.1, 0.15) is 17.6 Å². The third-order valence-electron chi connectivity index (χ3n) is 6.37. The molecule has 2 aromatic rings. The highest BCUT2D eigenvalue weighted by Gasteiger charge is 2.54. The molecule has 5 rings (SSSR count). The molecule has 1 saturated heterocycles. The molecule has 1 aromatic heterocycles. The van der Waals surface area contributed by atoms with Crippen molar-refractivity contribution in [3.05, 3.63) is 38.9 Å². The lowest BCUT2D eigenvalue weighted by Gasteiger charge is -2.23. The molecule has 1 aromatic carbocycles. The average molecular weight is 410 g/mol. The number of halogens is 3. The minimum Gasteiger partial charge on any atom is -0.477 e. The van der Waals surface area contributed by atoms with Gasteiger partial charge >= 0.3 is 5.97 Å². The molecular weight excluding hydrogens is 392 g/mol. The molecule has 3 atom stereocenters. The zero-order chi connectivity index (χ0) is 20.0. The topological polar surface area (TPSA) is 88.6 Å². The summed E-state index contributed by atoms with van der Waals surface area (Å²) in [6.07, 6.45) is 2.11. The fourth-order valence-electron chi connectivity index (χ4n) is 4.43. The maximum absolute atomic E-state index is 15.0. The van der Waals surface area contributed by atoms with E-state index < -0.39 is 35.0 Å². The Morgan fingerprint density at radius 3 is 2.61 bits per heavy atom. The van der Waals surface area contributed by atoms with Gasteiger partial charge in [-0.2, -0.15) is 0 Å². The molecule has 148 valence electrons. The Labute approximate surface area is 163 Å². The van der Waals surface area contributed by atoms with Crippen LogP contribution in [0, 0.1) is 11.2 Å². The number of carboxylic acid groups (broad SMARTS) is 1. The highest BCUT2D eigenvalue weighted by Crippen LogP contribution is 2.54. The van der Waals surface area contributed by atoms with Gasteiger partial charge in [0.25, 0.3) is 0 Å². The molecule has 2 saturated carbocycles. The van der Waals surface area contributed by atoms with Gasteiger partial charge in [-0.3, -0.25) is 4.79 Å². The summed E-state index contributed by atoms with van der Waals surface area (Å²) in [7, 11) is 0. The van der Waals surface area contributed by atoms with E-state index in [1.807, 2.05) is 0 Å². The molecule has 1 spiro atoms. The Bertz CT molecular complexity index is 1100. The van der Waals surface area contributed by atoms with Gasteiger partial charge in [0, 0.05) is 37.2 Å². The molecule has 0 radical (unpaired) electrons. The van der Waals surface area contributed by atoms with Crippen LogP contribution in [-0.2, 0) is 0 Å². The fraction of sp³-hybridized carbons (Fsp3) is 0.474. The lowest BCUT2D eigenvalue weighted by Crippen LogP contribution is -2.30.